The average Bonchev–Trinajstić information content (AvgIpc) is 2.59. The number of amides is 1. The summed E-state index contributed by atoms with van der Waals surface area (Å²) >= 11 is 0. The molecule has 0 spiro atoms. The zero-order valence-electron chi connectivity index (χ0n) is 9.47. The topological polar surface area (TPSA) is 66.3 Å². The summed E-state index contributed by atoms with van der Waals surface area (Å²) in [5, 5.41) is 9.77. The third-order valence-corrected chi connectivity index (χ3v) is 2.74. The van der Waals surface area contributed by atoms with Crippen molar-refractivity contribution < 1.29 is 9.90 Å². The second-order valence-corrected chi connectivity index (χ2v) is 4.52. The van der Waals surface area contributed by atoms with Crippen LogP contribution in [-0.4, -0.2) is 44.6 Å². The van der Waals surface area contributed by atoms with E-state index in [1.807, 2.05) is 6.92 Å². The number of β-amino-alcohol motifs (C(OH)–C–C–N with tert-alkyl or cyclic N) is 1. The van der Waals surface area contributed by atoms with Crippen LogP contribution in [0.2, 0.25) is 0 Å². The van der Waals surface area contributed by atoms with E-state index >= 15 is 0 Å². The van der Waals surface area contributed by atoms with Gasteiger partial charge in [0.2, 0.25) is 0 Å². The van der Waals surface area contributed by atoms with E-state index in [9.17, 15) is 9.90 Å². The fourth-order valence-corrected chi connectivity index (χ4v) is 1.78. The molecular formula is C11H15N3O2. The molecule has 5 nitrogen and oxygen atoms in total. The van der Waals surface area contributed by atoms with Crippen molar-refractivity contribution in [3.63, 3.8) is 0 Å². The van der Waals surface area contributed by atoms with Crippen molar-refractivity contribution in [2.75, 3.05) is 13.1 Å². The number of aromatic nitrogens is 2. The largest absolute Gasteiger partial charge is 0.388 e. The Morgan fingerprint density at radius 3 is 2.75 bits per heavy atom. The lowest BCUT2D eigenvalue weighted by atomic mass is 10.1. The van der Waals surface area contributed by atoms with Gasteiger partial charge in [-0.1, -0.05) is 0 Å². The van der Waals surface area contributed by atoms with Gasteiger partial charge in [-0.15, -0.1) is 0 Å². The maximum Gasteiger partial charge on any atom is 0.274 e. The summed E-state index contributed by atoms with van der Waals surface area (Å²) in [4.78, 5) is 21.6. The molecule has 1 unspecified atom stereocenters. The zero-order chi connectivity index (χ0) is 11.8. The van der Waals surface area contributed by atoms with Gasteiger partial charge < -0.3 is 10.0 Å². The molecule has 1 aromatic rings. The summed E-state index contributed by atoms with van der Waals surface area (Å²) in [7, 11) is 0. The molecule has 2 heterocycles. The molecule has 1 aromatic heterocycles. The predicted molar refractivity (Wildman–Crippen MR) is 57.9 cm³/mol. The Morgan fingerprint density at radius 1 is 1.50 bits per heavy atom. The molecule has 0 aromatic carbocycles. The van der Waals surface area contributed by atoms with Gasteiger partial charge in [-0.2, -0.15) is 0 Å². The molecule has 0 bridgehead atoms. The zero-order valence-corrected chi connectivity index (χ0v) is 9.47. The van der Waals surface area contributed by atoms with Gasteiger partial charge in [0.05, 0.1) is 17.5 Å². The van der Waals surface area contributed by atoms with Crippen LogP contribution in [0, 0.1) is 6.92 Å². The summed E-state index contributed by atoms with van der Waals surface area (Å²) in [6, 6.07) is 0. The summed E-state index contributed by atoms with van der Waals surface area (Å²) in [6.07, 6.45) is 3.66. The number of aliphatic hydroxyl groups is 1. The number of aryl methyl sites for hydroxylation is 1. The second-order valence-electron chi connectivity index (χ2n) is 4.52. The van der Waals surface area contributed by atoms with E-state index in [4.69, 9.17) is 0 Å². The SMILES string of the molecule is Cc1cnc(C(=O)N2CCC(C)(O)C2)cn1. The number of hydrogen-bond donors (Lipinski definition) is 1. The fourth-order valence-electron chi connectivity index (χ4n) is 1.78. The Labute approximate surface area is 94.1 Å². The molecule has 0 saturated carbocycles. The Balaban J connectivity index is 2.12. The Morgan fingerprint density at radius 2 is 2.25 bits per heavy atom. The van der Waals surface area contributed by atoms with Crippen LogP contribution in [-0.2, 0) is 0 Å². The van der Waals surface area contributed by atoms with Crippen LogP contribution in [0.1, 0.15) is 29.5 Å². The van der Waals surface area contributed by atoms with Crippen LogP contribution in [0.25, 0.3) is 0 Å². The fraction of sp³-hybridized carbons (Fsp3) is 0.545. The summed E-state index contributed by atoms with van der Waals surface area (Å²) in [5.41, 5.74) is 0.349. The van der Waals surface area contributed by atoms with Crippen LogP contribution in [0.5, 0.6) is 0 Å². The van der Waals surface area contributed by atoms with E-state index in [1.165, 1.54) is 6.20 Å². The van der Waals surface area contributed by atoms with Crippen LogP contribution in [0.3, 0.4) is 0 Å². The average molecular weight is 221 g/mol. The highest BCUT2D eigenvalue weighted by Gasteiger charge is 2.34. The normalized spacial score (nSPS) is 24.8. The number of carbonyl (C=O) groups is 1. The molecule has 5 heteroatoms. The molecular weight excluding hydrogens is 206 g/mol. The van der Waals surface area contributed by atoms with Gasteiger partial charge in [-0.3, -0.25) is 9.78 Å². The van der Waals surface area contributed by atoms with Gasteiger partial charge in [-0.05, 0) is 20.3 Å². The van der Waals surface area contributed by atoms with Gasteiger partial charge in [0.15, 0.2) is 0 Å². The Bertz CT molecular complexity index is 400. The highest BCUT2D eigenvalue weighted by atomic mass is 16.3. The van der Waals surface area contributed by atoms with Crippen molar-refractivity contribution >= 4 is 5.91 Å². The number of hydrogen-bond acceptors (Lipinski definition) is 4. The molecule has 1 aliphatic heterocycles. The third kappa shape index (κ3) is 2.19. The van der Waals surface area contributed by atoms with Crippen LogP contribution in [0.4, 0.5) is 0 Å². The van der Waals surface area contributed by atoms with E-state index in [1.54, 1.807) is 18.0 Å². The standard InChI is InChI=1S/C11H15N3O2/c1-8-5-13-9(6-12-8)10(15)14-4-3-11(2,16)7-14/h5-6,16H,3-4,7H2,1-2H3. The number of carbonyl (C=O) groups excluding carboxylic acids is 1. The molecule has 1 atom stereocenters. The number of nitrogens with zero attached hydrogens (tertiary/aromatic N) is 3. The second kappa shape index (κ2) is 3.83. The van der Waals surface area contributed by atoms with Crippen molar-refractivity contribution in [1.29, 1.82) is 0 Å². The molecule has 1 amide bonds. The van der Waals surface area contributed by atoms with Crippen LogP contribution < -0.4 is 0 Å². The molecule has 1 fully saturated rings. The summed E-state index contributed by atoms with van der Waals surface area (Å²) in [6.45, 7) is 4.49. The molecule has 1 saturated heterocycles. The molecule has 16 heavy (non-hydrogen) atoms. The van der Waals surface area contributed by atoms with Crippen LogP contribution >= 0.6 is 0 Å². The van der Waals surface area contributed by atoms with Gasteiger partial charge in [0.25, 0.3) is 5.91 Å². The van der Waals surface area contributed by atoms with E-state index in [-0.39, 0.29) is 5.91 Å². The Kier molecular flexibility index (Phi) is 2.63. The smallest absolute Gasteiger partial charge is 0.274 e. The first-order valence-electron chi connectivity index (χ1n) is 5.28. The van der Waals surface area contributed by atoms with Crippen molar-refractivity contribution in [3.8, 4) is 0 Å². The minimum Gasteiger partial charge on any atom is -0.388 e. The maximum atomic E-state index is 12.0. The minimum atomic E-state index is -0.770. The third-order valence-electron chi connectivity index (χ3n) is 2.74. The molecule has 0 aliphatic carbocycles. The van der Waals surface area contributed by atoms with Gasteiger partial charge in [0.1, 0.15) is 5.69 Å². The molecule has 86 valence electrons. The lowest BCUT2D eigenvalue weighted by molar-refractivity contribution is 0.0568. The summed E-state index contributed by atoms with van der Waals surface area (Å²) in [5.74, 6) is -0.162. The summed E-state index contributed by atoms with van der Waals surface area (Å²) < 4.78 is 0. The minimum absolute atomic E-state index is 0.162. The highest BCUT2D eigenvalue weighted by Crippen LogP contribution is 2.21. The van der Waals surface area contributed by atoms with Gasteiger partial charge in [-0.25, -0.2) is 4.98 Å². The van der Waals surface area contributed by atoms with Crippen molar-refractivity contribution in [1.82, 2.24) is 14.9 Å². The van der Waals surface area contributed by atoms with E-state index in [0.29, 0.717) is 25.2 Å². The van der Waals surface area contributed by atoms with Gasteiger partial charge >= 0.3 is 0 Å². The van der Waals surface area contributed by atoms with Crippen molar-refractivity contribution in [3.05, 3.63) is 23.8 Å². The highest BCUT2D eigenvalue weighted by molar-refractivity contribution is 5.92. The molecule has 1 N–H and O–H groups in total. The lowest BCUT2D eigenvalue weighted by Crippen LogP contribution is -2.34. The Hall–Kier alpha value is -1.49. The van der Waals surface area contributed by atoms with Crippen molar-refractivity contribution in [2.45, 2.75) is 25.9 Å². The molecule has 2 rings (SSSR count). The molecule has 1 aliphatic rings. The van der Waals surface area contributed by atoms with Crippen LogP contribution in [0.15, 0.2) is 12.4 Å². The predicted octanol–water partition coefficient (Wildman–Crippen LogP) is 0.382. The van der Waals surface area contributed by atoms with E-state index in [0.717, 1.165) is 5.69 Å². The van der Waals surface area contributed by atoms with E-state index < -0.39 is 5.60 Å². The first-order chi connectivity index (χ1) is 7.48. The quantitative estimate of drug-likeness (QED) is 0.744. The first kappa shape index (κ1) is 11.0. The van der Waals surface area contributed by atoms with Gasteiger partial charge in [0, 0.05) is 19.3 Å². The maximum absolute atomic E-state index is 12.0. The first-order valence-corrected chi connectivity index (χ1v) is 5.28. The lowest BCUT2D eigenvalue weighted by Gasteiger charge is -2.18. The monoisotopic (exact) mass is 221 g/mol. The number of likely N-dealkylation sites (tertiary alicyclic amines) is 1. The van der Waals surface area contributed by atoms with E-state index in [2.05, 4.69) is 9.97 Å². The van der Waals surface area contributed by atoms with Crippen molar-refractivity contribution in [2.24, 2.45) is 0 Å². The molecule has 0 radical (unpaired) electrons. The number of rotatable bonds is 1.